The molecule has 0 unspecified atom stereocenters. The Kier molecular flexibility index (Phi) is 19.6. The maximum absolute atomic E-state index is 2.58. The highest BCUT2D eigenvalue weighted by Gasteiger charge is 2.19. The van der Waals surface area contributed by atoms with Crippen molar-refractivity contribution in [2.24, 2.45) is 0 Å². The van der Waals surface area contributed by atoms with Crippen LogP contribution in [-0.4, -0.2) is 26.2 Å². The summed E-state index contributed by atoms with van der Waals surface area (Å²) in [4.78, 5) is 9.93. The molecular weight excluding hydrogens is 993 g/mol. The van der Waals surface area contributed by atoms with Gasteiger partial charge in [0, 0.05) is 71.7 Å². The smallest absolute Gasteiger partial charge is 0.0464 e. The van der Waals surface area contributed by atoms with Gasteiger partial charge in [-0.05, 0) is 308 Å². The van der Waals surface area contributed by atoms with Gasteiger partial charge in [-0.25, -0.2) is 0 Å². The van der Waals surface area contributed by atoms with Crippen molar-refractivity contribution < 1.29 is 0 Å². The highest BCUT2D eigenvalue weighted by molar-refractivity contribution is 5.81. The Morgan fingerprint density at radius 3 is 0.744 bits per heavy atom. The van der Waals surface area contributed by atoms with Crippen LogP contribution in [-0.2, 0) is 25.7 Å². The summed E-state index contributed by atoms with van der Waals surface area (Å²) in [5.41, 5.74) is 31.1. The maximum Gasteiger partial charge on any atom is 0.0464 e. The Morgan fingerprint density at radius 1 is 0.244 bits per heavy atom. The summed E-state index contributed by atoms with van der Waals surface area (Å²) in [5, 5.41) is 0. The first-order chi connectivity index (χ1) is 39.7. The van der Waals surface area contributed by atoms with E-state index in [-0.39, 0.29) is 0 Å². The van der Waals surface area contributed by atoms with Gasteiger partial charge in [0.1, 0.15) is 0 Å². The lowest BCUT2D eigenvalue weighted by Crippen LogP contribution is -2.26. The van der Waals surface area contributed by atoms with Crippen molar-refractivity contribution in [3.63, 3.8) is 0 Å². The highest BCUT2D eigenvalue weighted by atomic mass is 15.2. The number of aryl methyl sites for hydroxylation is 12. The molecule has 9 rings (SSSR count). The van der Waals surface area contributed by atoms with Crippen molar-refractivity contribution in [1.82, 2.24) is 0 Å². The molecule has 0 saturated heterocycles. The van der Waals surface area contributed by atoms with Gasteiger partial charge < -0.3 is 19.6 Å². The second kappa shape index (κ2) is 27.3. The first-order valence-electron chi connectivity index (χ1n) is 30.7. The summed E-state index contributed by atoms with van der Waals surface area (Å²) in [6, 6.07) is 69.1. The van der Waals surface area contributed by atoms with Gasteiger partial charge in [0.05, 0.1) is 0 Å². The number of anilines is 8. The summed E-state index contributed by atoms with van der Waals surface area (Å²) in [5.74, 6) is 0. The Balaban J connectivity index is 0.818. The molecule has 4 heteroatoms. The molecule has 0 bridgehead atoms. The van der Waals surface area contributed by atoms with Gasteiger partial charge in [0.15, 0.2) is 0 Å². The van der Waals surface area contributed by atoms with Crippen LogP contribution in [0, 0.1) is 55.4 Å². The minimum absolute atomic E-state index is 1.01. The lowest BCUT2D eigenvalue weighted by Gasteiger charge is -2.30. The normalized spacial score (nSPS) is 11.3. The van der Waals surface area contributed by atoms with Crippen LogP contribution in [0.5, 0.6) is 0 Å². The monoisotopic (exact) mass is 1080 g/mol. The molecule has 4 nitrogen and oxygen atoms in total. The molecular formula is C78H90N4. The third-order valence-electron chi connectivity index (χ3n) is 17.6. The number of hydrogen-bond donors (Lipinski definition) is 0. The summed E-state index contributed by atoms with van der Waals surface area (Å²) in [6.45, 7) is 30.8. The van der Waals surface area contributed by atoms with Crippen molar-refractivity contribution in [1.29, 1.82) is 0 Å². The SMILES string of the molecule is CCN(CC)c1cc(CCCCc2ccc(-c3ccc(N(c4ccc(C)c(C)c4)c4ccc(C)c(C)c4)cc3)cc2)c(N(CC)CC)cc1CCCCc1ccc(-c2ccc(N(c3ccc(C)c(C)c3)c3ccc(C)c(C)c3)cc2)cc1. The van der Waals surface area contributed by atoms with Crippen LogP contribution < -0.4 is 19.6 Å². The average Bonchev–Trinajstić information content (AvgIpc) is 3.42. The lowest BCUT2D eigenvalue weighted by molar-refractivity contribution is 0.720. The lowest BCUT2D eigenvalue weighted by atomic mass is 9.95. The molecule has 0 radical (unpaired) electrons. The fraction of sp³-hybridized carbons (Fsp3) is 0.308. The first kappa shape index (κ1) is 58.8. The zero-order valence-corrected chi connectivity index (χ0v) is 51.6. The predicted octanol–water partition coefficient (Wildman–Crippen LogP) is 21.3. The Labute approximate surface area is 494 Å². The van der Waals surface area contributed by atoms with Gasteiger partial charge in [0.2, 0.25) is 0 Å². The summed E-state index contributed by atoms with van der Waals surface area (Å²) >= 11 is 0. The van der Waals surface area contributed by atoms with Gasteiger partial charge in [-0.2, -0.15) is 0 Å². The van der Waals surface area contributed by atoms with Gasteiger partial charge in [-0.15, -0.1) is 0 Å². The van der Waals surface area contributed by atoms with Crippen LogP contribution >= 0.6 is 0 Å². The van der Waals surface area contributed by atoms with E-state index in [0.29, 0.717) is 0 Å². The van der Waals surface area contributed by atoms with E-state index < -0.39 is 0 Å². The second-order valence-electron chi connectivity index (χ2n) is 23.1. The number of nitrogens with zero attached hydrogens (tertiary/aromatic N) is 4. The van der Waals surface area contributed by atoms with E-state index in [2.05, 4.69) is 285 Å². The van der Waals surface area contributed by atoms with Crippen LogP contribution in [0.2, 0.25) is 0 Å². The summed E-state index contributed by atoms with van der Waals surface area (Å²) in [6.07, 6.45) is 8.99. The molecule has 9 aromatic rings. The quantitative estimate of drug-likeness (QED) is 0.0559. The molecule has 0 saturated carbocycles. The first-order valence-corrected chi connectivity index (χ1v) is 30.7. The highest BCUT2D eigenvalue weighted by Crippen LogP contribution is 2.40. The van der Waals surface area contributed by atoms with Crippen LogP contribution in [0.15, 0.2) is 182 Å². The predicted molar refractivity (Wildman–Crippen MR) is 358 cm³/mol. The molecule has 0 aliphatic rings. The number of rotatable bonds is 24. The molecule has 0 amide bonds. The molecule has 0 aromatic heterocycles. The molecule has 0 fully saturated rings. The van der Waals surface area contributed by atoms with Crippen LogP contribution in [0.3, 0.4) is 0 Å². The molecule has 0 heterocycles. The third-order valence-corrected chi connectivity index (χ3v) is 17.6. The van der Waals surface area contributed by atoms with Crippen LogP contribution in [0.4, 0.5) is 45.5 Å². The largest absolute Gasteiger partial charge is 0.372 e. The second-order valence-corrected chi connectivity index (χ2v) is 23.1. The molecule has 82 heavy (non-hydrogen) atoms. The maximum atomic E-state index is 2.58. The minimum atomic E-state index is 1.01. The van der Waals surface area contributed by atoms with Crippen molar-refractivity contribution in [2.45, 2.75) is 134 Å². The van der Waals surface area contributed by atoms with Gasteiger partial charge in [0.25, 0.3) is 0 Å². The molecule has 0 aliphatic heterocycles. The van der Waals surface area contributed by atoms with Crippen molar-refractivity contribution in [3.05, 3.63) is 249 Å². The van der Waals surface area contributed by atoms with Gasteiger partial charge in [-0.1, -0.05) is 97.1 Å². The number of hydrogen-bond acceptors (Lipinski definition) is 4. The number of benzene rings is 9. The zero-order chi connectivity index (χ0) is 57.9. The fourth-order valence-corrected chi connectivity index (χ4v) is 11.8. The van der Waals surface area contributed by atoms with E-state index >= 15 is 0 Å². The van der Waals surface area contributed by atoms with E-state index in [4.69, 9.17) is 0 Å². The zero-order valence-electron chi connectivity index (χ0n) is 51.6. The van der Waals surface area contributed by atoms with Crippen LogP contribution in [0.25, 0.3) is 22.3 Å². The van der Waals surface area contributed by atoms with Crippen LogP contribution in [0.1, 0.15) is 120 Å². The molecule has 0 aliphatic carbocycles. The summed E-state index contributed by atoms with van der Waals surface area (Å²) < 4.78 is 0. The van der Waals surface area contributed by atoms with E-state index in [9.17, 15) is 0 Å². The van der Waals surface area contributed by atoms with E-state index in [1.165, 1.54) is 123 Å². The summed E-state index contributed by atoms with van der Waals surface area (Å²) in [7, 11) is 0. The van der Waals surface area contributed by atoms with Crippen molar-refractivity contribution in [2.75, 3.05) is 45.8 Å². The molecule has 0 N–H and O–H groups in total. The topological polar surface area (TPSA) is 13.0 Å². The Hall–Kier alpha value is -7.82. The van der Waals surface area contributed by atoms with E-state index in [1.54, 1.807) is 0 Å². The molecule has 9 aromatic carbocycles. The molecule has 0 spiro atoms. The average molecular weight is 1080 g/mol. The van der Waals surface area contributed by atoms with Gasteiger partial charge in [-0.3, -0.25) is 0 Å². The Bertz CT molecular complexity index is 3200. The molecule has 0 atom stereocenters. The van der Waals surface area contributed by atoms with Gasteiger partial charge >= 0.3 is 0 Å². The molecule has 422 valence electrons. The standard InChI is InChI=1S/C78H90N4/c1-13-79(14-2)77-53-70(24-20-18-22-64-31-35-66(36-32-64)68-39-47-72(48-40-68)82(75-43-27-57(7)61(11)51-75)76-44-28-58(8)62(12)52-76)78(80(15-3)16-4)54-69(77)23-19-17-21-63-29-33-65(34-30-63)67-37-45-71(46-38-67)81(73-41-25-55(5)59(9)49-73)74-42-26-56(6)60(10)50-74/h25-54H,13-24H2,1-12H3. The van der Waals surface area contributed by atoms with Crippen molar-refractivity contribution >= 4 is 45.5 Å². The van der Waals surface area contributed by atoms with Crippen molar-refractivity contribution in [3.8, 4) is 22.3 Å². The minimum Gasteiger partial charge on any atom is -0.372 e. The third kappa shape index (κ3) is 13.9. The number of unbranched alkanes of at least 4 members (excludes halogenated alkanes) is 2. The van der Waals surface area contributed by atoms with E-state index in [0.717, 1.165) is 88.9 Å². The Morgan fingerprint density at radius 2 is 0.488 bits per heavy atom. The fourth-order valence-electron chi connectivity index (χ4n) is 11.8. The van der Waals surface area contributed by atoms with E-state index in [1.807, 2.05) is 0 Å².